The number of aromatic amines is 1. The third-order valence-corrected chi connectivity index (χ3v) is 6.42. The van der Waals surface area contributed by atoms with Gasteiger partial charge in [0.15, 0.2) is 6.04 Å². The monoisotopic (exact) mass is 395 g/mol. The van der Waals surface area contributed by atoms with Gasteiger partial charge in [-0.3, -0.25) is 4.79 Å². The maximum Gasteiger partial charge on any atom is 0.258 e. The zero-order chi connectivity index (χ0) is 19.8. The number of H-pyrrole nitrogens is 1. The number of nitrogens with zero attached hydrogens (tertiary/aromatic N) is 4. The van der Waals surface area contributed by atoms with Crippen molar-refractivity contribution in [2.45, 2.75) is 44.7 Å². The Morgan fingerprint density at radius 3 is 2.83 bits per heavy atom. The van der Waals surface area contributed by atoms with Crippen LogP contribution in [0.2, 0.25) is 0 Å². The van der Waals surface area contributed by atoms with E-state index in [2.05, 4.69) is 20.5 Å². The zero-order valence-corrected chi connectivity index (χ0v) is 16.7. The lowest BCUT2D eigenvalue weighted by molar-refractivity contribution is -0.933. The Labute approximate surface area is 168 Å². The number of morpholine rings is 1. The first-order valence-electron chi connectivity index (χ1n) is 10.5. The number of benzene rings is 1. The molecule has 1 saturated heterocycles. The molecule has 0 amide bonds. The summed E-state index contributed by atoms with van der Waals surface area (Å²) in [5.41, 5.74) is 2.63. The molecule has 152 valence electrons. The number of fused-ring (bicyclic) bond motifs is 1. The van der Waals surface area contributed by atoms with E-state index in [0.717, 1.165) is 53.8 Å². The molecular formula is C21H27N6O2+. The number of hydrogen-bond acceptors (Lipinski definition) is 5. The molecule has 1 aliphatic heterocycles. The number of hydrogen-bond donors (Lipinski definition) is 2. The highest BCUT2D eigenvalue weighted by molar-refractivity contribution is 5.82. The van der Waals surface area contributed by atoms with Gasteiger partial charge >= 0.3 is 0 Å². The van der Waals surface area contributed by atoms with Gasteiger partial charge in [0.1, 0.15) is 13.1 Å². The summed E-state index contributed by atoms with van der Waals surface area (Å²) < 4.78 is 7.57. The lowest BCUT2D eigenvalue weighted by atomic mass is 10.0. The summed E-state index contributed by atoms with van der Waals surface area (Å²) in [5.74, 6) is 0.798. The van der Waals surface area contributed by atoms with Crippen molar-refractivity contribution in [2.24, 2.45) is 0 Å². The number of rotatable bonds is 4. The van der Waals surface area contributed by atoms with Gasteiger partial charge in [-0.15, -0.1) is 5.10 Å². The molecule has 8 nitrogen and oxygen atoms in total. The summed E-state index contributed by atoms with van der Waals surface area (Å²) in [5, 5.41) is 13.8. The number of para-hydroxylation sites is 1. The van der Waals surface area contributed by atoms with Crippen molar-refractivity contribution in [3.8, 4) is 0 Å². The summed E-state index contributed by atoms with van der Waals surface area (Å²) >= 11 is 0. The third-order valence-electron chi connectivity index (χ3n) is 6.42. The van der Waals surface area contributed by atoms with Crippen molar-refractivity contribution in [2.75, 3.05) is 26.3 Å². The molecule has 0 radical (unpaired) electrons. The van der Waals surface area contributed by atoms with Crippen molar-refractivity contribution < 1.29 is 9.64 Å². The molecule has 1 atom stereocenters. The van der Waals surface area contributed by atoms with Crippen molar-refractivity contribution in [1.29, 1.82) is 0 Å². The zero-order valence-electron chi connectivity index (χ0n) is 16.7. The predicted molar refractivity (Wildman–Crippen MR) is 108 cm³/mol. The number of tetrazole rings is 1. The minimum absolute atomic E-state index is 0.0586. The van der Waals surface area contributed by atoms with Gasteiger partial charge in [0.25, 0.3) is 5.56 Å². The van der Waals surface area contributed by atoms with Crippen LogP contribution in [0.4, 0.5) is 0 Å². The summed E-state index contributed by atoms with van der Waals surface area (Å²) in [7, 11) is 0. The number of aryl methyl sites for hydroxylation is 1. The van der Waals surface area contributed by atoms with Gasteiger partial charge in [-0.05, 0) is 47.2 Å². The number of nitrogens with one attached hydrogen (secondary N) is 2. The van der Waals surface area contributed by atoms with Crippen LogP contribution in [0.3, 0.4) is 0 Å². The Morgan fingerprint density at radius 1 is 1.24 bits per heavy atom. The fourth-order valence-corrected chi connectivity index (χ4v) is 4.88. The molecule has 1 saturated carbocycles. The normalized spacial score (nSPS) is 19.8. The maximum absolute atomic E-state index is 13.2. The van der Waals surface area contributed by atoms with Crippen LogP contribution in [0.25, 0.3) is 10.9 Å². The van der Waals surface area contributed by atoms with Crippen molar-refractivity contribution in [3.63, 3.8) is 0 Å². The molecular weight excluding hydrogens is 368 g/mol. The molecule has 0 spiro atoms. The largest absolute Gasteiger partial charge is 0.370 e. The van der Waals surface area contributed by atoms with Gasteiger partial charge in [0.05, 0.1) is 30.3 Å². The molecule has 29 heavy (non-hydrogen) atoms. The summed E-state index contributed by atoms with van der Waals surface area (Å²) in [6, 6.07) is 8.24. The molecule has 3 heterocycles. The van der Waals surface area contributed by atoms with Crippen LogP contribution in [0, 0.1) is 6.92 Å². The summed E-state index contributed by atoms with van der Waals surface area (Å²) in [6.07, 6.45) is 4.59. The minimum atomic E-state index is -0.205. The fourth-order valence-electron chi connectivity index (χ4n) is 4.88. The first kappa shape index (κ1) is 18.4. The predicted octanol–water partition coefficient (Wildman–Crippen LogP) is 0.943. The Hall–Kier alpha value is -2.58. The van der Waals surface area contributed by atoms with E-state index < -0.39 is 0 Å². The van der Waals surface area contributed by atoms with Gasteiger partial charge in [-0.1, -0.05) is 31.0 Å². The number of quaternary nitrogens is 1. The van der Waals surface area contributed by atoms with Crippen LogP contribution in [-0.2, 0) is 4.74 Å². The smallest absolute Gasteiger partial charge is 0.258 e. The highest BCUT2D eigenvalue weighted by Crippen LogP contribution is 2.31. The second kappa shape index (κ2) is 7.68. The Bertz CT molecular complexity index is 1060. The highest BCUT2D eigenvalue weighted by Gasteiger charge is 2.37. The fraction of sp³-hybridized carbons (Fsp3) is 0.524. The SMILES string of the molecule is Cc1cccc2cc([C@H](c3nnnn3C3CCCC3)[NH+]3CCOCC3)c(=O)[nH]c12. The van der Waals surface area contributed by atoms with E-state index in [9.17, 15) is 4.79 Å². The van der Waals surface area contributed by atoms with Gasteiger partial charge in [0.2, 0.25) is 5.82 Å². The van der Waals surface area contributed by atoms with E-state index in [1.165, 1.54) is 17.7 Å². The van der Waals surface area contributed by atoms with Crippen LogP contribution in [0.1, 0.15) is 54.7 Å². The van der Waals surface area contributed by atoms with Crippen LogP contribution in [0.15, 0.2) is 29.1 Å². The number of aromatic nitrogens is 5. The maximum atomic E-state index is 13.2. The first-order chi connectivity index (χ1) is 14.2. The van der Waals surface area contributed by atoms with Gasteiger partial charge < -0.3 is 14.6 Å². The Balaban J connectivity index is 1.66. The van der Waals surface area contributed by atoms with Gasteiger partial charge in [-0.25, -0.2) is 4.68 Å². The quantitative estimate of drug-likeness (QED) is 0.686. The molecule has 2 N–H and O–H groups in total. The van der Waals surface area contributed by atoms with E-state index >= 15 is 0 Å². The molecule has 2 aromatic heterocycles. The third kappa shape index (κ3) is 3.36. The lowest BCUT2D eigenvalue weighted by Gasteiger charge is -2.31. The molecule has 0 bridgehead atoms. The Kier molecular flexibility index (Phi) is 4.89. The minimum Gasteiger partial charge on any atom is -0.370 e. The Morgan fingerprint density at radius 2 is 2.03 bits per heavy atom. The van der Waals surface area contributed by atoms with Crippen molar-refractivity contribution in [1.82, 2.24) is 25.2 Å². The standard InChI is InChI=1S/C21H26N6O2/c1-14-5-4-6-15-13-17(21(28)22-18(14)15)19(26-9-11-29-12-10-26)20-23-24-25-27(20)16-7-2-3-8-16/h4-6,13,16,19H,2-3,7-12H2,1H3,(H,22,28)/p+1/t19-/m1/s1. The molecule has 5 rings (SSSR count). The number of ether oxygens (including phenoxy) is 1. The molecule has 2 aliphatic rings. The second-order valence-electron chi connectivity index (χ2n) is 8.22. The van der Waals surface area contributed by atoms with E-state index in [1.54, 1.807) is 0 Å². The van der Waals surface area contributed by atoms with E-state index in [0.29, 0.717) is 19.3 Å². The van der Waals surface area contributed by atoms with Crippen LogP contribution >= 0.6 is 0 Å². The molecule has 1 aromatic carbocycles. The second-order valence-corrected chi connectivity index (χ2v) is 8.22. The lowest BCUT2D eigenvalue weighted by Crippen LogP contribution is -3.14. The van der Waals surface area contributed by atoms with Crippen molar-refractivity contribution in [3.05, 3.63) is 51.6 Å². The van der Waals surface area contributed by atoms with Crippen LogP contribution < -0.4 is 10.5 Å². The molecule has 2 fully saturated rings. The van der Waals surface area contributed by atoms with Crippen LogP contribution in [0.5, 0.6) is 0 Å². The van der Waals surface area contributed by atoms with E-state index in [1.807, 2.05) is 35.9 Å². The van der Waals surface area contributed by atoms with E-state index in [-0.39, 0.29) is 11.6 Å². The van der Waals surface area contributed by atoms with Crippen molar-refractivity contribution >= 4 is 10.9 Å². The summed E-state index contributed by atoms with van der Waals surface area (Å²) in [4.78, 5) is 17.6. The molecule has 3 aromatic rings. The number of pyridine rings is 1. The van der Waals surface area contributed by atoms with Gasteiger partial charge in [-0.2, -0.15) is 0 Å². The first-order valence-corrected chi connectivity index (χ1v) is 10.5. The molecule has 1 aliphatic carbocycles. The topological polar surface area (TPSA) is 90.1 Å². The van der Waals surface area contributed by atoms with Crippen LogP contribution in [-0.4, -0.2) is 51.5 Å². The van der Waals surface area contributed by atoms with Gasteiger partial charge in [0, 0.05) is 0 Å². The molecule has 0 unspecified atom stereocenters. The average molecular weight is 395 g/mol. The average Bonchev–Trinajstić information content (AvgIpc) is 3.42. The highest BCUT2D eigenvalue weighted by atomic mass is 16.5. The van der Waals surface area contributed by atoms with E-state index in [4.69, 9.17) is 4.74 Å². The summed E-state index contributed by atoms with van der Waals surface area (Å²) in [6.45, 7) is 5.03. The molecule has 8 heteroatoms.